The molecule has 2 unspecified atom stereocenters. The van der Waals surface area contributed by atoms with Crippen molar-refractivity contribution in [3.8, 4) is 0 Å². The Morgan fingerprint density at radius 3 is 2.38 bits per heavy atom. The number of rotatable bonds is 4. The average Bonchev–Trinajstić information content (AvgIpc) is 2.37. The maximum Gasteiger partial charge on any atom is 0.270 e. The molecular formula is C15H20F2N2O2. The van der Waals surface area contributed by atoms with E-state index in [0.29, 0.717) is 17.5 Å². The highest BCUT2D eigenvalue weighted by Gasteiger charge is 2.26. The molecule has 0 radical (unpaired) electrons. The van der Waals surface area contributed by atoms with Crippen LogP contribution >= 0.6 is 0 Å². The largest absolute Gasteiger partial charge is 0.382 e. The Labute approximate surface area is 122 Å². The molecule has 1 aromatic carbocycles. The lowest BCUT2D eigenvalue weighted by Gasteiger charge is -2.33. The van der Waals surface area contributed by atoms with Gasteiger partial charge in [0, 0.05) is 29.4 Å². The van der Waals surface area contributed by atoms with E-state index in [0.717, 1.165) is 25.3 Å². The van der Waals surface area contributed by atoms with Crippen molar-refractivity contribution in [2.75, 3.05) is 5.32 Å². The highest BCUT2D eigenvalue weighted by molar-refractivity contribution is 5.57. The van der Waals surface area contributed by atoms with E-state index < -0.39 is 11.3 Å². The minimum Gasteiger partial charge on any atom is -0.382 e. The molecule has 2 rings (SSSR count). The van der Waals surface area contributed by atoms with Crippen molar-refractivity contribution in [2.45, 2.75) is 45.6 Å². The topological polar surface area (TPSA) is 55.2 Å². The molecule has 1 aromatic rings. The van der Waals surface area contributed by atoms with Crippen molar-refractivity contribution in [3.63, 3.8) is 0 Å². The van der Waals surface area contributed by atoms with Gasteiger partial charge in [-0.25, -0.2) is 8.78 Å². The van der Waals surface area contributed by atoms with Crippen LogP contribution in [0.4, 0.5) is 20.2 Å². The van der Waals surface area contributed by atoms with Crippen molar-refractivity contribution < 1.29 is 13.7 Å². The Kier molecular flexibility index (Phi) is 4.75. The molecule has 1 aliphatic rings. The third-order valence-electron chi connectivity index (χ3n) is 4.02. The van der Waals surface area contributed by atoms with Gasteiger partial charge in [-0.1, -0.05) is 13.8 Å². The number of nitrogens with zero attached hydrogens (tertiary/aromatic N) is 1. The molecule has 1 fully saturated rings. The van der Waals surface area contributed by atoms with Gasteiger partial charge < -0.3 is 5.32 Å². The molecule has 1 aliphatic carbocycles. The maximum absolute atomic E-state index is 13.1. The molecule has 116 valence electrons. The molecule has 0 aromatic heterocycles. The van der Waals surface area contributed by atoms with E-state index in [1.54, 1.807) is 0 Å². The van der Waals surface area contributed by atoms with Gasteiger partial charge in [0.15, 0.2) is 0 Å². The Morgan fingerprint density at radius 1 is 1.24 bits per heavy atom. The second-order valence-electron chi connectivity index (χ2n) is 6.09. The number of non-ortho nitro benzene ring substituents is 1. The molecule has 21 heavy (non-hydrogen) atoms. The fourth-order valence-corrected chi connectivity index (χ4v) is 3.26. The molecule has 0 amide bonds. The maximum atomic E-state index is 13.1. The lowest BCUT2D eigenvalue weighted by Crippen LogP contribution is -2.30. The van der Waals surface area contributed by atoms with Crippen LogP contribution in [0.15, 0.2) is 18.2 Å². The first-order valence-corrected chi connectivity index (χ1v) is 7.19. The van der Waals surface area contributed by atoms with Crippen LogP contribution in [-0.2, 0) is 0 Å². The number of nitro groups is 1. The minimum absolute atomic E-state index is 0.141. The molecule has 1 saturated carbocycles. The standard InChI is InChI=1S/C15H20F2N2O2/c1-9-5-10(2)7-11(6-9)18-14-4-3-12(19(20)21)8-13(14)15(16)17/h3-4,8-11,15,18H,5-7H2,1-2H3. The Hall–Kier alpha value is -1.72. The zero-order chi connectivity index (χ0) is 15.6. The number of benzene rings is 1. The van der Waals surface area contributed by atoms with Crippen LogP contribution in [-0.4, -0.2) is 11.0 Å². The summed E-state index contributed by atoms with van der Waals surface area (Å²) in [4.78, 5) is 10.1. The summed E-state index contributed by atoms with van der Waals surface area (Å²) in [6.07, 6.45) is 0.291. The molecular weight excluding hydrogens is 278 g/mol. The molecule has 6 heteroatoms. The highest BCUT2D eigenvalue weighted by Crippen LogP contribution is 2.35. The second-order valence-corrected chi connectivity index (χ2v) is 6.09. The average molecular weight is 298 g/mol. The van der Waals surface area contributed by atoms with Gasteiger partial charge >= 0.3 is 0 Å². The summed E-state index contributed by atoms with van der Waals surface area (Å²) in [5.41, 5.74) is -0.293. The molecule has 0 bridgehead atoms. The number of hydrogen-bond acceptors (Lipinski definition) is 3. The minimum atomic E-state index is -2.73. The zero-order valence-corrected chi connectivity index (χ0v) is 12.2. The molecule has 0 saturated heterocycles. The van der Waals surface area contributed by atoms with E-state index in [-0.39, 0.29) is 17.3 Å². The van der Waals surface area contributed by atoms with Gasteiger partial charge in [-0.05, 0) is 37.2 Å². The molecule has 0 heterocycles. The van der Waals surface area contributed by atoms with Crippen LogP contribution in [0.3, 0.4) is 0 Å². The van der Waals surface area contributed by atoms with Gasteiger partial charge in [-0.15, -0.1) is 0 Å². The third-order valence-corrected chi connectivity index (χ3v) is 4.02. The Bertz CT molecular complexity index is 512. The summed E-state index contributed by atoms with van der Waals surface area (Å²) >= 11 is 0. The van der Waals surface area contributed by atoms with Gasteiger partial charge in [0.2, 0.25) is 0 Å². The van der Waals surface area contributed by atoms with Gasteiger partial charge in [0.25, 0.3) is 12.1 Å². The number of hydrogen-bond donors (Lipinski definition) is 1. The van der Waals surface area contributed by atoms with E-state index in [1.807, 2.05) is 0 Å². The van der Waals surface area contributed by atoms with E-state index >= 15 is 0 Å². The van der Waals surface area contributed by atoms with E-state index in [4.69, 9.17) is 0 Å². The fourth-order valence-electron chi connectivity index (χ4n) is 3.26. The van der Waals surface area contributed by atoms with Crippen LogP contribution < -0.4 is 5.32 Å². The van der Waals surface area contributed by atoms with Crippen molar-refractivity contribution in [3.05, 3.63) is 33.9 Å². The first kappa shape index (κ1) is 15.7. The Morgan fingerprint density at radius 2 is 1.86 bits per heavy atom. The molecule has 1 N–H and O–H groups in total. The number of nitro benzene ring substituents is 1. The van der Waals surface area contributed by atoms with Crippen LogP contribution in [0.25, 0.3) is 0 Å². The van der Waals surface area contributed by atoms with Crippen molar-refractivity contribution >= 4 is 11.4 Å². The molecule has 2 atom stereocenters. The smallest absolute Gasteiger partial charge is 0.270 e. The molecule has 0 aliphatic heterocycles. The summed E-state index contributed by atoms with van der Waals surface area (Å²) in [6, 6.07) is 3.76. The van der Waals surface area contributed by atoms with Crippen LogP contribution in [0.5, 0.6) is 0 Å². The van der Waals surface area contributed by atoms with E-state index in [9.17, 15) is 18.9 Å². The first-order valence-electron chi connectivity index (χ1n) is 7.19. The predicted molar refractivity (Wildman–Crippen MR) is 77.6 cm³/mol. The van der Waals surface area contributed by atoms with Gasteiger partial charge in [0.1, 0.15) is 0 Å². The SMILES string of the molecule is CC1CC(C)CC(Nc2ccc([N+](=O)[O-])cc2C(F)F)C1. The summed E-state index contributed by atoms with van der Waals surface area (Å²) < 4.78 is 26.2. The monoisotopic (exact) mass is 298 g/mol. The van der Waals surface area contributed by atoms with Gasteiger partial charge in [-0.2, -0.15) is 0 Å². The van der Waals surface area contributed by atoms with Crippen molar-refractivity contribution in [2.24, 2.45) is 11.8 Å². The van der Waals surface area contributed by atoms with E-state index in [2.05, 4.69) is 19.2 Å². The molecule has 4 nitrogen and oxygen atoms in total. The lowest BCUT2D eigenvalue weighted by atomic mass is 9.80. The van der Waals surface area contributed by atoms with Crippen LogP contribution in [0.2, 0.25) is 0 Å². The summed E-state index contributed by atoms with van der Waals surface area (Å²) in [7, 11) is 0. The predicted octanol–water partition coefficient (Wildman–Crippen LogP) is 4.77. The summed E-state index contributed by atoms with van der Waals surface area (Å²) in [5.74, 6) is 1.11. The van der Waals surface area contributed by atoms with Crippen molar-refractivity contribution in [1.82, 2.24) is 0 Å². The van der Waals surface area contributed by atoms with Crippen molar-refractivity contribution in [1.29, 1.82) is 0 Å². The van der Waals surface area contributed by atoms with E-state index in [1.165, 1.54) is 12.1 Å². The Balaban J connectivity index is 2.21. The zero-order valence-electron chi connectivity index (χ0n) is 12.2. The number of nitrogens with one attached hydrogen (secondary N) is 1. The quantitative estimate of drug-likeness (QED) is 0.643. The fraction of sp³-hybridized carbons (Fsp3) is 0.600. The first-order chi connectivity index (χ1) is 9.86. The second kappa shape index (κ2) is 6.37. The lowest BCUT2D eigenvalue weighted by molar-refractivity contribution is -0.385. The highest BCUT2D eigenvalue weighted by atomic mass is 19.3. The third kappa shape index (κ3) is 3.89. The molecule has 0 spiro atoms. The number of halogens is 2. The van der Waals surface area contributed by atoms with Gasteiger partial charge in [-0.3, -0.25) is 10.1 Å². The van der Waals surface area contributed by atoms with Gasteiger partial charge in [0.05, 0.1) is 4.92 Å². The number of anilines is 1. The normalized spacial score (nSPS) is 25.9. The van der Waals surface area contributed by atoms with Crippen LogP contribution in [0, 0.1) is 22.0 Å². The number of alkyl halides is 2. The summed E-state index contributed by atoms with van der Waals surface area (Å²) in [5, 5.41) is 13.9. The van der Waals surface area contributed by atoms with Crippen LogP contribution in [0.1, 0.15) is 45.1 Å². The summed E-state index contributed by atoms with van der Waals surface area (Å²) in [6.45, 7) is 4.32.